The normalized spacial score (nSPS) is 13.3. The molecular weight excluding hydrogens is 244 g/mol. The van der Waals surface area contributed by atoms with Gasteiger partial charge in [-0.2, -0.15) is 12.6 Å². The van der Waals surface area contributed by atoms with E-state index in [4.69, 9.17) is 9.47 Å². The lowest BCUT2D eigenvalue weighted by molar-refractivity contribution is -0.0742. The third kappa shape index (κ3) is 10.2. The molecule has 110 valence electrons. The Hall–Kier alpha value is 0.270. The highest BCUT2D eigenvalue weighted by Crippen LogP contribution is 2.20. The average Bonchev–Trinajstić information content (AvgIpc) is 2.15. The number of thiol groups is 1. The summed E-state index contributed by atoms with van der Waals surface area (Å²) in [6.45, 7) is 14.6. The highest BCUT2D eigenvalue weighted by molar-refractivity contribution is 7.80. The second kappa shape index (κ2) is 8.44. The minimum absolute atomic E-state index is 0.0736. The molecule has 0 aromatic carbocycles. The first-order valence-corrected chi connectivity index (χ1v) is 7.70. The zero-order valence-corrected chi connectivity index (χ0v) is 14.0. The number of hydrogen-bond donors (Lipinski definition) is 1. The molecule has 18 heavy (non-hydrogen) atoms. The topological polar surface area (TPSA) is 18.5 Å². The highest BCUT2D eigenvalue weighted by Gasteiger charge is 2.22. The van der Waals surface area contributed by atoms with E-state index >= 15 is 0 Å². The van der Waals surface area contributed by atoms with Gasteiger partial charge >= 0.3 is 0 Å². The van der Waals surface area contributed by atoms with E-state index in [1.807, 2.05) is 0 Å². The standard InChI is InChI=1S/C15H32O2S/c1-13(2)7-10-16-14(3,4)8-11-17-15(5,6)9-12-18/h13,18H,7-12H2,1-6H3. The Morgan fingerprint density at radius 1 is 0.889 bits per heavy atom. The van der Waals surface area contributed by atoms with Crippen LogP contribution in [0.25, 0.3) is 0 Å². The van der Waals surface area contributed by atoms with E-state index in [0.29, 0.717) is 5.92 Å². The van der Waals surface area contributed by atoms with Crippen LogP contribution in [0.5, 0.6) is 0 Å². The third-order valence-electron chi connectivity index (χ3n) is 3.10. The predicted octanol–water partition coefficient (Wildman–Crippen LogP) is 4.33. The molecule has 0 bridgehead atoms. The fourth-order valence-corrected chi connectivity index (χ4v) is 2.10. The van der Waals surface area contributed by atoms with Crippen LogP contribution in [0, 0.1) is 5.92 Å². The maximum Gasteiger partial charge on any atom is 0.0648 e. The fourth-order valence-electron chi connectivity index (χ4n) is 1.56. The minimum atomic E-state index is -0.0913. The van der Waals surface area contributed by atoms with Crippen molar-refractivity contribution in [1.29, 1.82) is 0 Å². The van der Waals surface area contributed by atoms with Crippen molar-refractivity contribution in [3.05, 3.63) is 0 Å². The molecule has 0 saturated carbocycles. The summed E-state index contributed by atoms with van der Waals surface area (Å²) in [4.78, 5) is 0. The van der Waals surface area contributed by atoms with Gasteiger partial charge in [0.1, 0.15) is 0 Å². The van der Waals surface area contributed by atoms with Crippen LogP contribution >= 0.6 is 12.6 Å². The van der Waals surface area contributed by atoms with Crippen LogP contribution in [0.3, 0.4) is 0 Å². The first-order valence-electron chi connectivity index (χ1n) is 7.07. The monoisotopic (exact) mass is 276 g/mol. The average molecular weight is 276 g/mol. The predicted molar refractivity (Wildman–Crippen MR) is 82.6 cm³/mol. The van der Waals surface area contributed by atoms with Gasteiger partial charge in [0, 0.05) is 6.61 Å². The Morgan fingerprint density at radius 3 is 1.89 bits per heavy atom. The van der Waals surface area contributed by atoms with Gasteiger partial charge in [0.05, 0.1) is 17.8 Å². The molecule has 0 radical (unpaired) electrons. The Labute approximate surface area is 119 Å². The van der Waals surface area contributed by atoms with E-state index in [1.54, 1.807) is 0 Å². The zero-order valence-electron chi connectivity index (χ0n) is 13.1. The van der Waals surface area contributed by atoms with Crippen LogP contribution in [-0.4, -0.2) is 30.2 Å². The van der Waals surface area contributed by atoms with Gasteiger partial charge in [0.2, 0.25) is 0 Å². The number of hydrogen-bond acceptors (Lipinski definition) is 3. The van der Waals surface area contributed by atoms with Crippen molar-refractivity contribution in [2.45, 2.75) is 72.0 Å². The van der Waals surface area contributed by atoms with Gasteiger partial charge in [0.25, 0.3) is 0 Å². The molecule has 0 unspecified atom stereocenters. The van der Waals surface area contributed by atoms with Crippen LogP contribution in [0.15, 0.2) is 0 Å². The zero-order chi connectivity index (χ0) is 14.2. The molecule has 0 aromatic rings. The van der Waals surface area contributed by atoms with Gasteiger partial charge < -0.3 is 9.47 Å². The molecule has 0 saturated heterocycles. The van der Waals surface area contributed by atoms with Crippen molar-refractivity contribution in [1.82, 2.24) is 0 Å². The van der Waals surface area contributed by atoms with Crippen LogP contribution < -0.4 is 0 Å². The smallest absolute Gasteiger partial charge is 0.0648 e. The minimum Gasteiger partial charge on any atom is -0.375 e. The lowest BCUT2D eigenvalue weighted by Gasteiger charge is -2.29. The Balaban J connectivity index is 3.82. The molecule has 0 aliphatic carbocycles. The maximum absolute atomic E-state index is 5.92. The van der Waals surface area contributed by atoms with Crippen molar-refractivity contribution >= 4 is 12.6 Å². The van der Waals surface area contributed by atoms with E-state index in [1.165, 1.54) is 0 Å². The summed E-state index contributed by atoms with van der Waals surface area (Å²) in [7, 11) is 0. The molecule has 0 spiro atoms. The van der Waals surface area contributed by atoms with Gasteiger partial charge in [-0.3, -0.25) is 0 Å². The quantitative estimate of drug-likeness (QED) is 0.599. The van der Waals surface area contributed by atoms with Crippen LogP contribution in [-0.2, 0) is 9.47 Å². The van der Waals surface area contributed by atoms with E-state index in [-0.39, 0.29) is 11.2 Å². The molecule has 0 fully saturated rings. The number of ether oxygens (including phenoxy) is 2. The first kappa shape index (κ1) is 18.3. The number of rotatable bonds is 10. The maximum atomic E-state index is 5.92. The first-order chi connectivity index (χ1) is 8.18. The summed E-state index contributed by atoms with van der Waals surface area (Å²) in [5, 5.41) is 0. The Bertz CT molecular complexity index is 213. The van der Waals surface area contributed by atoms with Crippen molar-refractivity contribution in [3.8, 4) is 0 Å². The molecular formula is C15H32O2S. The molecule has 0 aliphatic heterocycles. The summed E-state index contributed by atoms with van der Waals surface area (Å²) in [6, 6.07) is 0. The van der Waals surface area contributed by atoms with Gasteiger partial charge in [0.15, 0.2) is 0 Å². The summed E-state index contributed by atoms with van der Waals surface area (Å²) >= 11 is 4.25. The highest BCUT2D eigenvalue weighted by atomic mass is 32.1. The SMILES string of the molecule is CC(C)CCOC(C)(C)CCOC(C)(C)CCS. The van der Waals surface area contributed by atoms with Crippen LogP contribution in [0.1, 0.15) is 60.8 Å². The molecule has 0 rings (SSSR count). The van der Waals surface area contributed by atoms with Crippen molar-refractivity contribution in [2.75, 3.05) is 19.0 Å². The van der Waals surface area contributed by atoms with Crippen molar-refractivity contribution < 1.29 is 9.47 Å². The second-order valence-corrected chi connectivity index (χ2v) is 7.07. The summed E-state index contributed by atoms with van der Waals surface area (Å²) in [5.74, 6) is 1.56. The molecule has 0 N–H and O–H groups in total. The summed E-state index contributed by atoms with van der Waals surface area (Å²) in [5.41, 5.74) is -0.165. The van der Waals surface area contributed by atoms with Crippen molar-refractivity contribution in [3.63, 3.8) is 0 Å². The van der Waals surface area contributed by atoms with Gasteiger partial charge in [-0.25, -0.2) is 0 Å². The van der Waals surface area contributed by atoms with E-state index in [2.05, 4.69) is 54.2 Å². The lowest BCUT2D eigenvalue weighted by Crippen LogP contribution is -2.31. The molecule has 0 aliphatic rings. The van der Waals surface area contributed by atoms with Gasteiger partial charge in [-0.1, -0.05) is 13.8 Å². The molecule has 0 heterocycles. The van der Waals surface area contributed by atoms with Crippen molar-refractivity contribution in [2.24, 2.45) is 5.92 Å². The van der Waals surface area contributed by atoms with Gasteiger partial charge in [-0.15, -0.1) is 0 Å². The van der Waals surface area contributed by atoms with Gasteiger partial charge in [-0.05, 0) is 58.6 Å². The third-order valence-corrected chi connectivity index (χ3v) is 3.32. The Morgan fingerprint density at radius 2 is 1.39 bits per heavy atom. The second-order valence-electron chi connectivity index (χ2n) is 6.62. The van der Waals surface area contributed by atoms with Crippen LogP contribution in [0.2, 0.25) is 0 Å². The summed E-state index contributed by atoms with van der Waals surface area (Å²) in [6.07, 6.45) is 3.03. The molecule has 0 aromatic heterocycles. The molecule has 0 amide bonds. The Kier molecular flexibility index (Phi) is 8.57. The lowest BCUT2D eigenvalue weighted by atomic mass is 10.0. The largest absolute Gasteiger partial charge is 0.375 e. The molecule has 3 heteroatoms. The summed E-state index contributed by atoms with van der Waals surface area (Å²) < 4.78 is 11.8. The fraction of sp³-hybridized carbons (Fsp3) is 1.00. The molecule has 0 atom stereocenters. The van der Waals surface area contributed by atoms with E-state index in [0.717, 1.165) is 38.2 Å². The molecule has 2 nitrogen and oxygen atoms in total. The van der Waals surface area contributed by atoms with E-state index in [9.17, 15) is 0 Å². The van der Waals surface area contributed by atoms with E-state index < -0.39 is 0 Å². The van der Waals surface area contributed by atoms with Crippen LogP contribution in [0.4, 0.5) is 0 Å².